The molecule has 0 aliphatic rings. The lowest BCUT2D eigenvalue weighted by Crippen LogP contribution is -2.43. The van der Waals surface area contributed by atoms with Crippen LogP contribution >= 0.6 is 11.6 Å². The Balaban J connectivity index is 3.02. The largest absolute Gasteiger partial charge is 0.495 e. The Bertz CT molecular complexity index is 623. The third-order valence-corrected chi connectivity index (χ3v) is 11.3. The summed E-state index contributed by atoms with van der Waals surface area (Å²) >= 11 is 6.08. The number of ether oxygens (including phenoxy) is 1. The monoisotopic (exact) mass is 365 g/mol. The lowest BCUT2D eigenvalue weighted by atomic mass is 10.3. The maximum atomic E-state index is 12.3. The van der Waals surface area contributed by atoms with Crippen LogP contribution in [0.3, 0.4) is 0 Å². The number of hydrogen-bond donors (Lipinski definition) is 1. The molecule has 1 aromatic rings. The maximum absolute atomic E-state index is 12.3. The molecule has 1 amide bonds. The Morgan fingerprint density at radius 1 is 1.12 bits per heavy atom. The fourth-order valence-electron chi connectivity index (χ4n) is 3.50. The summed E-state index contributed by atoms with van der Waals surface area (Å²) in [5.41, 5.74) is 5.51. The van der Waals surface area contributed by atoms with Crippen molar-refractivity contribution in [2.75, 3.05) is 12.4 Å². The van der Waals surface area contributed by atoms with Crippen molar-refractivity contribution in [1.29, 1.82) is 0 Å². The second-order valence-corrected chi connectivity index (χ2v) is 12.9. The number of carbonyl (C=O) groups excluding carboxylic acids is 1. The zero-order chi connectivity index (χ0) is 18.5. The van der Waals surface area contributed by atoms with Gasteiger partial charge in [-0.1, -0.05) is 53.1 Å². The minimum Gasteiger partial charge on any atom is -0.495 e. The third-order valence-electron chi connectivity index (χ3n) is 4.67. The van der Waals surface area contributed by atoms with Gasteiger partial charge < -0.3 is 10.1 Å². The lowest BCUT2D eigenvalue weighted by Gasteiger charge is -2.37. The van der Waals surface area contributed by atoms with Gasteiger partial charge in [-0.2, -0.15) is 0 Å². The Morgan fingerprint density at radius 3 is 2.08 bits per heavy atom. The van der Waals surface area contributed by atoms with Crippen molar-refractivity contribution >= 4 is 31.3 Å². The molecule has 24 heavy (non-hydrogen) atoms. The van der Waals surface area contributed by atoms with Gasteiger partial charge in [0.1, 0.15) is 13.8 Å². The Hall–Kier alpha value is -1.44. The second kappa shape index (κ2) is 8.59. The maximum Gasteiger partial charge on any atom is 0.299 e. The summed E-state index contributed by atoms with van der Waals surface area (Å²) in [4.78, 5) is 12.3. The highest BCUT2D eigenvalue weighted by Gasteiger charge is 2.41. The van der Waals surface area contributed by atoms with E-state index in [9.17, 15) is 4.79 Å². The van der Waals surface area contributed by atoms with Crippen LogP contribution in [-0.4, -0.2) is 21.1 Å². The van der Waals surface area contributed by atoms with Gasteiger partial charge >= 0.3 is 0 Å². The van der Waals surface area contributed by atoms with Gasteiger partial charge in [0, 0.05) is 5.69 Å². The molecule has 0 radical (unpaired) electrons. The van der Waals surface area contributed by atoms with Crippen molar-refractivity contribution in [3.05, 3.63) is 23.2 Å². The minimum atomic E-state index is -1.90. The van der Waals surface area contributed by atoms with Crippen molar-refractivity contribution in [2.24, 2.45) is 0 Å². The third kappa shape index (κ3) is 4.55. The fourth-order valence-corrected chi connectivity index (χ4v) is 8.96. The van der Waals surface area contributed by atoms with Crippen LogP contribution in [0.4, 0.5) is 5.69 Å². The Kier molecular flexibility index (Phi) is 7.38. The summed E-state index contributed by atoms with van der Waals surface area (Å²) in [7, 11) is -0.347. The van der Waals surface area contributed by atoms with Gasteiger partial charge in [-0.25, -0.2) is 0 Å². The predicted octanol–water partition coefficient (Wildman–Crippen LogP) is 5.51. The van der Waals surface area contributed by atoms with E-state index < -0.39 is 8.07 Å². The number of anilines is 1. The van der Waals surface area contributed by atoms with Gasteiger partial charge in [-0.15, -0.1) is 5.54 Å². The van der Waals surface area contributed by atoms with E-state index in [1.54, 1.807) is 25.3 Å². The van der Waals surface area contributed by atoms with Gasteiger partial charge in [0.15, 0.2) is 0 Å². The fraction of sp³-hybridized carbons (Fsp3) is 0.526. The topological polar surface area (TPSA) is 38.3 Å². The molecule has 1 rings (SSSR count). The Morgan fingerprint density at radius 2 is 1.67 bits per heavy atom. The summed E-state index contributed by atoms with van der Waals surface area (Å²) in [6.45, 7) is 13.3. The van der Waals surface area contributed by atoms with E-state index in [0.29, 0.717) is 33.1 Å². The number of hydrogen-bond acceptors (Lipinski definition) is 2. The molecule has 0 spiro atoms. The number of halogens is 1. The van der Waals surface area contributed by atoms with Crippen LogP contribution in [0.5, 0.6) is 5.75 Å². The Labute approximate surface area is 152 Å². The van der Waals surface area contributed by atoms with Crippen LogP contribution in [0, 0.1) is 11.5 Å². The van der Waals surface area contributed by atoms with Gasteiger partial charge in [0.25, 0.3) is 5.91 Å². The molecule has 0 saturated carbocycles. The highest BCUT2D eigenvalue weighted by molar-refractivity contribution is 6.90. The molecule has 0 unspecified atom stereocenters. The zero-order valence-corrected chi connectivity index (χ0v) is 17.4. The number of benzene rings is 1. The summed E-state index contributed by atoms with van der Waals surface area (Å²) in [6.07, 6.45) is 0. The van der Waals surface area contributed by atoms with Crippen molar-refractivity contribution in [3.8, 4) is 17.2 Å². The summed E-state index contributed by atoms with van der Waals surface area (Å²) < 4.78 is 5.11. The van der Waals surface area contributed by atoms with E-state index in [-0.39, 0.29) is 5.91 Å². The lowest BCUT2D eigenvalue weighted by molar-refractivity contribution is -0.111. The molecule has 0 atom stereocenters. The van der Waals surface area contributed by atoms with Crippen molar-refractivity contribution < 1.29 is 9.53 Å². The van der Waals surface area contributed by atoms with Gasteiger partial charge in [0.05, 0.1) is 12.1 Å². The molecular formula is C19H28ClNO2Si. The predicted molar refractivity (Wildman–Crippen MR) is 105 cm³/mol. The normalized spacial score (nSPS) is 11.5. The second-order valence-electron chi connectivity index (χ2n) is 6.95. The highest BCUT2D eigenvalue weighted by Crippen LogP contribution is 2.40. The number of carbonyl (C=O) groups is 1. The number of methoxy groups -OCH3 is 1. The first-order valence-electron chi connectivity index (χ1n) is 8.32. The number of nitrogens with one attached hydrogen (secondary N) is 1. The van der Waals surface area contributed by atoms with E-state index in [1.807, 2.05) is 0 Å². The van der Waals surface area contributed by atoms with E-state index in [1.165, 1.54) is 0 Å². The first-order chi connectivity index (χ1) is 11.1. The zero-order valence-electron chi connectivity index (χ0n) is 15.7. The molecule has 3 nitrogen and oxygen atoms in total. The van der Waals surface area contributed by atoms with Gasteiger partial charge in [-0.05, 0) is 40.7 Å². The van der Waals surface area contributed by atoms with E-state index in [4.69, 9.17) is 16.3 Å². The van der Waals surface area contributed by atoms with Crippen LogP contribution in [0.1, 0.15) is 41.5 Å². The standard InChI is InChI=1S/C19H28ClNO2Si/c1-13(2)24(14(3)4,15(5)6)11-10-19(22)21-16-8-9-18(23-7)17(20)12-16/h8-9,12-15H,1-7H3,(H,21,22). The van der Waals surface area contributed by atoms with Crippen LogP contribution in [0.25, 0.3) is 0 Å². The first-order valence-corrected chi connectivity index (χ1v) is 10.9. The molecular weight excluding hydrogens is 338 g/mol. The van der Waals surface area contributed by atoms with Crippen LogP contribution in [0.2, 0.25) is 21.6 Å². The van der Waals surface area contributed by atoms with Crippen LogP contribution in [0.15, 0.2) is 18.2 Å². The highest BCUT2D eigenvalue weighted by atomic mass is 35.5. The number of rotatable bonds is 5. The summed E-state index contributed by atoms with van der Waals surface area (Å²) in [5.74, 6) is 3.13. The smallest absolute Gasteiger partial charge is 0.299 e. The molecule has 0 saturated heterocycles. The quantitative estimate of drug-likeness (QED) is 0.552. The molecule has 0 heterocycles. The number of amides is 1. The molecule has 0 aromatic heterocycles. The van der Waals surface area contributed by atoms with E-state index >= 15 is 0 Å². The molecule has 132 valence electrons. The molecule has 1 aromatic carbocycles. The van der Waals surface area contributed by atoms with Crippen molar-refractivity contribution in [1.82, 2.24) is 0 Å². The summed E-state index contributed by atoms with van der Waals surface area (Å²) in [5, 5.41) is 3.25. The van der Waals surface area contributed by atoms with Crippen molar-refractivity contribution in [3.63, 3.8) is 0 Å². The molecule has 0 bridgehead atoms. The molecule has 0 fully saturated rings. The van der Waals surface area contributed by atoms with E-state index in [0.717, 1.165) is 0 Å². The minimum absolute atomic E-state index is 0.296. The molecule has 1 N–H and O–H groups in total. The van der Waals surface area contributed by atoms with Gasteiger partial charge in [0.2, 0.25) is 0 Å². The molecule has 5 heteroatoms. The van der Waals surface area contributed by atoms with Crippen LogP contribution in [-0.2, 0) is 4.79 Å². The molecule has 0 aliphatic carbocycles. The average Bonchev–Trinajstić information content (AvgIpc) is 2.46. The average molecular weight is 366 g/mol. The summed E-state index contributed by atoms with van der Waals surface area (Å²) in [6, 6.07) is 5.14. The molecule has 0 aliphatic heterocycles. The first kappa shape index (κ1) is 20.6. The SMILES string of the molecule is COc1ccc(NC(=O)C#C[Si](C(C)C)(C(C)C)C(C)C)cc1Cl. The van der Waals surface area contributed by atoms with Crippen LogP contribution < -0.4 is 10.1 Å². The van der Waals surface area contributed by atoms with E-state index in [2.05, 4.69) is 58.3 Å². The van der Waals surface area contributed by atoms with Crippen molar-refractivity contribution in [2.45, 2.75) is 58.2 Å². The van der Waals surface area contributed by atoms with Gasteiger partial charge in [-0.3, -0.25) is 4.79 Å².